The van der Waals surface area contributed by atoms with E-state index in [2.05, 4.69) is 30.0 Å². The average Bonchev–Trinajstić information content (AvgIpc) is 2.46. The van der Waals surface area contributed by atoms with Crippen molar-refractivity contribution >= 4 is 11.4 Å². The summed E-state index contributed by atoms with van der Waals surface area (Å²) < 4.78 is 13.5. The van der Waals surface area contributed by atoms with Gasteiger partial charge in [0, 0.05) is 23.5 Å². The minimum atomic E-state index is -0.688. The van der Waals surface area contributed by atoms with Crippen LogP contribution < -0.4 is 4.90 Å². The summed E-state index contributed by atoms with van der Waals surface area (Å²) in [6, 6.07) is 11.1. The molecule has 0 bridgehead atoms. The van der Waals surface area contributed by atoms with E-state index >= 15 is 0 Å². The Morgan fingerprint density at radius 1 is 1.14 bits per heavy atom. The van der Waals surface area contributed by atoms with Crippen LogP contribution in [0.5, 0.6) is 0 Å². The highest BCUT2D eigenvalue weighted by atomic mass is 19.1. The van der Waals surface area contributed by atoms with Crippen molar-refractivity contribution in [2.24, 2.45) is 0 Å². The van der Waals surface area contributed by atoms with Crippen LogP contribution in [0.15, 0.2) is 36.4 Å². The van der Waals surface area contributed by atoms with E-state index in [1.54, 1.807) is 13.0 Å². The number of halogens is 1. The van der Waals surface area contributed by atoms with Crippen LogP contribution in [0.25, 0.3) is 0 Å². The van der Waals surface area contributed by atoms with Gasteiger partial charge in [-0.05, 0) is 56.5 Å². The fourth-order valence-electron chi connectivity index (χ4n) is 3.08. The third-order valence-corrected chi connectivity index (χ3v) is 4.08. The van der Waals surface area contributed by atoms with E-state index < -0.39 is 6.10 Å². The van der Waals surface area contributed by atoms with Crippen molar-refractivity contribution in [1.82, 2.24) is 0 Å². The van der Waals surface area contributed by atoms with E-state index in [1.165, 1.54) is 28.9 Å². The van der Waals surface area contributed by atoms with Gasteiger partial charge in [0.15, 0.2) is 0 Å². The fourth-order valence-corrected chi connectivity index (χ4v) is 3.08. The van der Waals surface area contributed by atoms with Crippen LogP contribution in [0, 0.1) is 12.7 Å². The van der Waals surface area contributed by atoms with Gasteiger partial charge in [-0.15, -0.1) is 0 Å². The zero-order valence-electron chi connectivity index (χ0n) is 12.4. The number of aliphatic hydroxyl groups is 1. The van der Waals surface area contributed by atoms with Crippen LogP contribution in [0.4, 0.5) is 15.8 Å². The number of hydrogen-bond donors (Lipinski definition) is 1. The lowest BCUT2D eigenvalue weighted by Crippen LogP contribution is -2.26. The summed E-state index contributed by atoms with van der Waals surface area (Å²) in [4.78, 5) is 2.19. The molecule has 0 spiro atoms. The van der Waals surface area contributed by atoms with Gasteiger partial charge in [0.25, 0.3) is 0 Å². The average molecular weight is 285 g/mol. The van der Waals surface area contributed by atoms with Crippen molar-refractivity contribution in [2.45, 2.75) is 32.8 Å². The summed E-state index contributed by atoms with van der Waals surface area (Å²) in [6.07, 6.45) is 1.44. The predicted octanol–water partition coefficient (Wildman–Crippen LogP) is 4.27. The fraction of sp³-hybridized carbons (Fsp3) is 0.333. The van der Waals surface area contributed by atoms with Gasteiger partial charge in [0.1, 0.15) is 5.82 Å². The molecule has 2 nitrogen and oxygen atoms in total. The number of aryl methyl sites for hydroxylation is 2. The van der Waals surface area contributed by atoms with Crippen LogP contribution in [0.1, 0.15) is 36.1 Å². The molecule has 1 aliphatic rings. The van der Waals surface area contributed by atoms with E-state index in [-0.39, 0.29) is 5.82 Å². The van der Waals surface area contributed by atoms with Gasteiger partial charge in [-0.3, -0.25) is 0 Å². The lowest BCUT2D eigenvalue weighted by Gasteiger charge is -2.33. The maximum Gasteiger partial charge on any atom is 0.123 e. The summed E-state index contributed by atoms with van der Waals surface area (Å²) in [6.45, 7) is 4.66. The molecule has 2 aromatic rings. The molecule has 0 aliphatic carbocycles. The van der Waals surface area contributed by atoms with Crippen molar-refractivity contribution in [3.8, 4) is 0 Å². The first-order valence-corrected chi connectivity index (χ1v) is 7.41. The predicted molar refractivity (Wildman–Crippen MR) is 83.5 cm³/mol. The third-order valence-electron chi connectivity index (χ3n) is 4.08. The largest absolute Gasteiger partial charge is 0.389 e. The summed E-state index contributed by atoms with van der Waals surface area (Å²) in [5, 5.41) is 9.96. The molecule has 110 valence electrons. The summed E-state index contributed by atoms with van der Waals surface area (Å²) in [5.41, 5.74) is 5.28. The second-order valence-corrected chi connectivity index (χ2v) is 5.77. The van der Waals surface area contributed by atoms with Crippen LogP contribution >= 0.6 is 0 Å². The SMILES string of the molecule is Cc1ccc2c(c1)CCCN2c1ccc(F)cc1C(C)O. The van der Waals surface area contributed by atoms with Gasteiger partial charge in [-0.1, -0.05) is 17.7 Å². The topological polar surface area (TPSA) is 23.5 Å². The number of benzene rings is 2. The zero-order valence-corrected chi connectivity index (χ0v) is 12.4. The minimum Gasteiger partial charge on any atom is -0.389 e. The van der Waals surface area contributed by atoms with E-state index in [0.717, 1.165) is 25.1 Å². The Morgan fingerprint density at radius 2 is 1.90 bits per heavy atom. The first kappa shape index (κ1) is 14.1. The molecule has 0 amide bonds. The molecule has 0 radical (unpaired) electrons. The second kappa shape index (κ2) is 5.49. The number of fused-ring (bicyclic) bond motifs is 1. The van der Waals surface area contributed by atoms with E-state index in [0.29, 0.717) is 5.56 Å². The van der Waals surface area contributed by atoms with Crippen LogP contribution in [-0.2, 0) is 6.42 Å². The molecule has 3 rings (SSSR count). The third kappa shape index (κ3) is 2.66. The van der Waals surface area contributed by atoms with Crippen molar-refractivity contribution in [2.75, 3.05) is 11.4 Å². The van der Waals surface area contributed by atoms with Gasteiger partial charge in [-0.25, -0.2) is 4.39 Å². The lowest BCUT2D eigenvalue weighted by atomic mass is 9.97. The smallest absolute Gasteiger partial charge is 0.123 e. The highest BCUT2D eigenvalue weighted by Crippen LogP contribution is 2.37. The summed E-state index contributed by atoms with van der Waals surface area (Å²) >= 11 is 0. The van der Waals surface area contributed by atoms with E-state index in [4.69, 9.17) is 0 Å². The van der Waals surface area contributed by atoms with Crippen molar-refractivity contribution in [1.29, 1.82) is 0 Å². The van der Waals surface area contributed by atoms with Crippen LogP contribution in [-0.4, -0.2) is 11.7 Å². The van der Waals surface area contributed by atoms with Gasteiger partial charge >= 0.3 is 0 Å². The Bertz CT molecular complexity index is 666. The van der Waals surface area contributed by atoms with Gasteiger partial charge in [0.2, 0.25) is 0 Å². The molecule has 1 unspecified atom stereocenters. The molecule has 0 fully saturated rings. The molecule has 1 aliphatic heterocycles. The Kier molecular flexibility index (Phi) is 3.68. The maximum absolute atomic E-state index is 13.5. The standard InChI is InChI=1S/C18H20FNO/c1-12-5-7-17-14(10-12)4-3-9-20(17)18-8-6-15(19)11-16(18)13(2)21/h5-8,10-11,13,21H,3-4,9H2,1-2H3. The van der Waals surface area contributed by atoms with E-state index in [9.17, 15) is 9.50 Å². The Morgan fingerprint density at radius 3 is 2.67 bits per heavy atom. The quantitative estimate of drug-likeness (QED) is 0.890. The Balaban J connectivity index is 2.11. The van der Waals surface area contributed by atoms with E-state index in [1.807, 2.05) is 0 Å². The molecule has 3 heteroatoms. The summed E-state index contributed by atoms with van der Waals surface area (Å²) in [7, 11) is 0. The molecule has 21 heavy (non-hydrogen) atoms. The van der Waals surface area contributed by atoms with Crippen molar-refractivity contribution in [3.05, 3.63) is 58.9 Å². The van der Waals surface area contributed by atoms with Crippen molar-refractivity contribution in [3.63, 3.8) is 0 Å². The summed E-state index contributed by atoms with van der Waals surface area (Å²) in [5.74, 6) is -0.309. The van der Waals surface area contributed by atoms with Gasteiger partial charge < -0.3 is 10.0 Å². The molecule has 2 aromatic carbocycles. The Labute approximate surface area is 124 Å². The molecule has 1 atom stereocenters. The lowest BCUT2D eigenvalue weighted by molar-refractivity contribution is 0.199. The number of hydrogen-bond acceptors (Lipinski definition) is 2. The van der Waals surface area contributed by atoms with Crippen LogP contribution in [0.3, 0.4) is 0 Å². The van der Waals surface area contributed by atoms with Gasteiger partial charge in [-0.2, -0.15) is 0 Å². The maximum atomic E-state index is 13.5. The highest BCUT2D eigenvalue weighted by molar-refractivity contribution is 5.71. The molecule has 1 N–H and O–H groups in total. The van der Waals surface area contributed by atoms with Crippen molar-refractivity contribution < 1.29 is 9.50 Å². The minimum absolute atomic E-state index is 0.309. The molecular formula is C18H20FNO. The monoisotopic (exact) mass is 285 g/mol. The number of aliphatic hydroxyl groups excluding tert-OH is 1. The first-order valence-electron chi connectivity index (χ1n) is 7.41. The Hall–Kier alpha value is -1.87. The first-order chi connectivity index (χ1) is 10.1. The zero-order chi connectivity index (χ0) is 15.0. The van der Waals surface area contributed by atoms with Gasteiger partial charge in [0.05, 0.1) is 6.10 Å². The number of nitrogens with zero attached hydrogens (tertiary/aromatic N) is 1. The normalized spacial score (nSPS) is 15.7. The molecular weight excluding hydrogens is 265 g/mol. The molecule has 0 aromatic heterocycles. The molecule has 1 heterocycles. The number of rotatable bonds is 2. The molecule has 0 saturated carbocycles. The second-order valence-electron chi connectivity index (χ2n) is 5.77. The highest BCUT2D eigenvalue weighted by Gasteiger charge is 2.22. The number of anilines is 2. The molecule has 0 saturated heterocycles. The van der Waals surface area contributed by atoms with Crippen LogP contribution in [0.2, 0.25) is 0 Å².